The zero-order chi connectivity index (χ0) is 26.7. The van der Waals surface area contributed by atoms with Crippen molar-refractivity contribution in [3.05, 3.63) is 71.3 Å². The Labute approximate surface area is 212 Å². The number of nitrogens with one attached hydrogen (secondary N) is 1. The molecule has 4 rings (SSSR count). The first-order chi connectivity index (χ1) is 17.6. The van der Waals surface area contributed by atoms with Crippen molar-refractivity contribution >= 4 is 23.2 Å². The number of carbonyl (C=O) groups is 2. The Balaban J connectivity index is 1.65. The van der Waals surface area contributed by atoms with Crippen LogP contribution in [-0.4, -0.2) is 58.8 Å². The lowest BCUT2D eigenvalue weighted by Gasteiger charge is -2.42. The van der Waals surface area contributed by atoms with Crippen LogP contribution in [0, 0.1) is 0 Å². The maximum atomic E-state index is 13.2. The van der Waals surface area contributed by atoms with Gasteiger partial charge in [-0.05, 0) is 48.7 Å². The fourth-order valence-corrected chi connectivity index (χ4v) is 4.71. The number of benzene rings is 2. The average molecular weight is 519 g/mol. The van der Waals surface area contributed by atoms with Gasteiger partial charge in [-0.25, -0.2) is 10.9 Å². The molecule has 2 aliphatic heterocycles. The number of piperidine rings is 1. The first-order valence-electron chi connectivity index (χ1n) is 11.8. The Kier molecular flexibility index (Phi) is 7.71. The van der Waals surface area contributed by atoms with Gasteiger partial charge < -0.3 is 26.0 Å². The molecule has 0 bridgehead atoms. The van der Waals surface area contributed by atoms with Gasteiger partial charge in [-0.3, -0.25) is 9.59 Å². The van der Waals surface area contributed by atoms with Gasteiger partial charge in [0.2, 0.25) is 5.91 Å². The molecule has 2 heterocycles. The lowest BCUT2D eigenvalue weighted by Crippen LogP contribution is -2.61. The van der Waals surface area contributed by atoms with Crippen LogP contribution in [0.2, 0.25) is 0 Å². The van der Waals surface area contributed by atoms with Gasteiger partial charge in [-0.15, -0.1) is 0 Å². The Morgan fingerprint density at radius 1 is 1.22 bits per heavy atom. The number of carbonyl (C=O) groups excluding carboxylic acids is 2. The van der Waals surface area contributed by atoms with Gasteiger partial charge in [0.25, 0.3) is 5.91 Å². The van der Waals surface area contributed by atoms with Crippen LogP contribution in [0.3, 0.4) is 0 Å². The Morgan fingerprint density at radius 2 is 2.00 bits per heavy atom. The van der Waals surface area contributed by atoms with Crippen LogP contribution in [0.1, 0.15) is 34.3 Å². The summed E-state index contributed by atoms with van der Waals surface area (Å²) in [6.45, 7) is 0.941. The number of anilines is 2. The molecule has 0 aliphatic carbocycles. The third kappa shape index (κ3) is 5.55. The number of hydrogen-bond donors (Lipinski definition) is 4. The van der Waals surface area contributed by atoms with Crippen LogP contribution in [0.15, 0.2) is 54.6 Å². The lowest BCUT2D eigenvalue weighted by molar-refractivity contribution is -0.137. The van der Waals surface area contributed by atoms with Gasteiger partial charge in [-0.1, -0.05) is 18.2 Å². The second kappa shape index (κ2) is 10.8. The first kappa shape index (κ1) is 26.5. The van der Waals surface area contributed by atoms with E-state index in [0.717, 1.165) is 23.2 Å². The van der Waals surface area contributed by atoms with Crippen molar-refractivity contribution in [2.45, 2.75) is 38.0 Å². The monoisotopic (exact) mass is 518 g/mol. The normalized spacial score (nSPS) is 19.6. The number of aliphatic hydroxyl groups is 1. The number of fused-ring (bicyclic) bond motifs is 1. The second-order valence-corrected chi connectivity index (χ2v) is 8.94. The van der Waals surface area contributed by atoms with E-state index in [1.807, 2.05) is 4.90 Å². The number of nitrogens with two attached hydrogens (primary N) is 2. The molecule has 1 saturated heterocycles. The average Bonchev–Trinajstić information content (AvgIpc) is 3.29. The third-order valence-electron chi connectivity index (χ3n) is 6.50. The molecule has 2 amide bonds. The van der Waals surface area contributed by atoms with Crippen molar-refractivity contribution < 1.29 is 27.9 Å². The van der Waals surface area contributed by atoms with Crippen molar-refractivity contribution in [3.63, 3.8) is 0 Å². The molecule has 0 saturated carbocycles. The smallest absolute Gasteiger partial charge is 0.392 e. The number of amides is 2. The van der Waals surface area contributed by atoms with Crippen LogP contribution in [0.25, 0.3) is 0 Å². The van der Waals surface area contributed by atoms with E-state index < -0.39 is 23.9 Å². The summed E-state index contributed by atoms with van der Waals surface area (Å²) in [6.07, 6.45) is -1.16. The topological polar surface area (TPSA) is 128 Å². The highest BCUT2D eigenvalue weighted by molar-refractivity contribution is 5.95. The molecule has 2 atom stereocenters. The number of likely N-dealkylation sites (tertiary alicyclic amines) is 1. The van der Waals surface area contributed by atoms with E-state index in [2.05, 4.69) is 5.32 Å². The zero-order valence-corrected chi connectivity index (χ0v) is 20.0. The molecule has 2 aromatic carbocycles. The highest BCUT2D eigenvalue weighted by Gasteiger charge is 2.41. The number of rotatable bonds is 6. The standard InChI is InChI=1S/C25H29F3N6O3/c26-25(27,28)18-5-1-4-17(13-18)23(37)34(30)24-31-20-12-16(15-35)8-9-21(20)33(24)19-6-3-11-32(14-19)22(36)7-2-10-29/h1-2,4-5,7-9,12-13,19,24,31,35H,3,6,10-11,14-15,29-30H2/b7-2+/t19-,24?/m1/s1. The zero-order valence-electron chi connectivity index (χ0n) is 20.0. The Bertz CT molecular complexity index is 1190. The summed E-state index contributed by atoms with van der Waals surface area (Å²) in [5.41, 5.74) is 6.24. The van der Waals surface area contributed by atoms with Gasteiger partial charge in [0.15, 0.2) is 6.29 Å². The van der Waals surface area contributed by atoms with E-state index in [0.29, 0.717) is 42.9 Å². The fourth-order valence-electron chi connectivity index (χ4n) is 4.71. The summed E-state index contributed by atoms with van der Waals surface area (Å²) in [4.78, 5) is 29.4. The quantitative estimate of drug-likeness (QED) is 0.200. The number of aliphatic hydroxyl groups excluding tert-OH is 1. The largest absolute Gasteiger partial charge is 0.416 e. The van der Waals surface area contributed by atoms with E-state index in [9.17, 15) is 27.9 Å². The summed E-state index contributed by atoms with van der Waals surface area (Å²) < 4.78 is 39.7. The van der Waals surface area contributed by atoms with Crippen LogP contribution in [0.5, 0.6) is 0 Å². The minimum atomic E-state index is -4.61. The summed E-state index contributed by atoms with van der Waals surface area (Å²) in [7, 11) is 0. The SMILES string of the molecule is NC/C=C/C(=O)N1CCC[C@@H](N2c3ccc(CO)cc3NC2N(N)C(=O)c2cccc(C(F)(F)F)c2)C1. The first-order valence-corrected chi connectivity index (χ1v) is 11.8. The van der Waals surface area contributed by atoms with Crippen LogP contribution < -0.4 is 21.8 Å². The molecule has 198 valence electrons. The molecule has 6 N–H and O–H groups in total. The predicted octanol–water partition coefficient (Wildman–Crippen LogP) is 2.24. The van der Waals surface area contributed by atoms with Gasteiger partial charge in [0.1, 0.15) is 0 Å². The molecule has 2 aromatic rings. The fraction of sp³-hybridized carbons (Fsp3) is 0.360. The summed E-state index contributed by atoms with van der Waals surface area (Å²) in [6, 6.07) is 9.08. The highest BCUT2D eigenvalue weighted by atomic mass is 19.4. The number of nitrogens with zero attached hydrogens (tertiary/aromatic N) is 3. The number of halogens is 3. The number of alkyl halides is 3. The van der Waals surface area contributed by atoms with Gasteiger partial charge in [0.05, 0.1) is 29.6 Å². The van der Waals surface area contributed by atoms with Crippen molar-refractivity contribution in [2.75, 3.05) is 29.9 Å². The Hall–Kier alpha value is -3.61. The molecule has 12 heteroatoms. The van der Waals surface area contributed by atoms with Crippen LogP contribution in [0.4, 0.5) is 24.5 Å². The lowest BCUT2D eigenvalue weighted by atomic mass is 10.0. The predicted molar refractivity (Wildman–Crippen MR) is 132 cm³/mol. The Morgan fingerprint density at radius 3 is 2.70 bits per heavy atom. The highest BCUT2D eigenvalue weighted by Crippen LogP contribution is 2.39. The molecule has 37 heavy (non-hydrogen) atoms. The molecule has 2 aliphatic rings. The molecular formula is C25H29F3N6O3. The van der Waals surface area contributed by atoms with E-state index in [1.165, 1.54) is 12.1 Å². The number of hydrazine groups is 1. The van der Waals surface area contributed by atoms with E-state index in [-0.39, 0.29) is 30.7 Å². The number of hydrogen-bond acceptors (Lipinski definition) is 7. The molecule has 1 fully saturated rings. The van der Waals surface area contributed by atoms with Gasteiger partial charge in [-0.2, -0.15) is 13.2 Å². The maximum Gasteiger partial charge on any atom is 0.416 e. The summed E-state index contributed by atoms with van der Waals surface area (Å²) in [5.74, 6) is 5.28. The molecule has 0 aromatic heterocycles. The minimum absolute atomic E-state index is 0.181. The molecule has 9 nitrogen and oxygen atoms in total. The van der Waals surface area contributed by atoms with E-state index in [4.69, 9.17) is 11.6 Å². The van der Waals surface area contributed by atoms with Crippen molar-refractivity contribution in [1.82, 2.24) is 9.91 Å². The third-order valence-corrected chi connectivity index (χ3v) is 6.50. The van der Waals surface area contributed by atoms with E-state index in [1.54, 1.807) is 29.2 Å². The second-order valence-electron chi connectivity index (χ2n) is 8.94. The maximum absolute atomic E-state index is 13.2. The summed E-state index contributed by atoms with van der Waals surface area (Å²) >= 11 is 0. The van der Waals surface area contributed by atoms with Crippen molar-refractivity contribution in [3.8, 4) is 0 Å². The summed E-state index contributed by atoms with van der Waals surface area (Å²) in [5, 5.41) is 13.6. The van der Waals surface area contributed by atoms with Crippen molar-refractivity contribution in [2.24, 2.45) is 11.6 Å². The molecule has 0 spiro atoms. The minimum Gasteiger partial charge on any atom is -0.392 e. The van der Waals surface area contributed by atoms with Gasteiger partial charge in [0, 0.05) is 31.3 Å². The molecule has 0 radical (unpaired) electrons. The van der Waals surface area contributed by atoms with Crippen LogP contribution >= 0.6 is 0 Å². The van der Waals surface area contributed by atoms with Crippen LogP contribution in [-0.2, 0) is 17.6 Å². The molecular weight excluding hydrogens is 489 g/mol. The van der Waals surface area contributed by atoms with E-state index >= 15 is 0 Å². The van der Waals surface area contributed by atoms with Gasteiger partial charge >= 0.3 is 6.18 Å². The molecule has 1 unspecified atom stereocenters. The van der Waals surface area contributed by atoms with Crippen molar-refractivity contribution in [1.29, 1.82) is 0 Å².